The molecule has 1 amide bonds. The number of halogens is 1. The summed E-state index contributed by atoms with van der Waals surface area (Å²) in [5.41, 5.74) is 2.02. The molecule has 3 aromatic rings. The zero-order valence-electron chi connectivity index (χ0n) is 13.5. The predicted molar refractivity (Wildman–Crippen MR) is 96.1 cm³/mol. The Hall–Kier alpha value is -2.45. The molecule has 1 unspecified atom stereocenters. The largest absolute Gasteiger partial charge is 0.344 e. The van der Waals surface area contributed by atoms with Crippen molar-refractivity contribution >= 4 is 29.3 Å². The van der Waals surface area contributed by atoms with E-state index < -0.39 is 0 Å². The first-order valence-electron chi connectivity index (χ1n) is 7.41. The average Bonchev–Trinajstić information content (AvgIpc) is 3.17. The van der Waals surface area contributed by atoms with Crippen molar-refractivity contribution in [1.82, 2.24) is 30.0 Å². The van der Waals surface area contributed by atoms with Crippen LogP contribution >= 0.6 is 23.4 Å². The fourth-order valence-corrected chi connectivity index (χ4v) is 2.73. The zero-order valence-corrected chi connectivity index (χ0v) is 15.1. The van der Waals surface area contributed by atoms with Gasteiger partial charge in [-0.25, -0.2) is 19.6 Å². The van der Waals surface area contributed by atoms with Gasteiger partial charge in [0.1, 0.15) is 12.7 Å². The lowest BCUT2D eigenvalue weighted by molar-refractivity contribution is 0.0934. The summed E-state index contributed by atoms with van der Waals surface area (Å²) in [6.07, 6.45) is 6.38. The summed E-state index contributed by atoms with van der Waals surface area (Å²) in [6, 6.07) is 7.47. The molecule has 0 bridgehead atoms. The van der Waals surface area contributed by atoms with Crippen molar-refractivity contribution in [3.63, 3.8) is 0 Å². The Morgan fingerprint density at radius 2 is 2.08 bits per heavy atom. The molecule has 0 saturated carbocycles. The molecule has 1 aromatic carbocycles. The van der Waals surface area contributed by atoms with Crippen LogP contribution in [0, 0.1) is 0 Å². The number of thioether (sulfide) groups is 1. The molecule has 0 fully saturated rings. The highest BCUT2D eigenvalue weighted by Gasteiger charge is 2.17. The molecule has 9 heteroatoms. The number of hydrogen-bond donors (Lipinski definition) is 1. The summed E-state index contributed by atoms with van der Waals surface area (Å²) >= 11 is 7.40. The summed E-state index contributed by atoms with van der Waals surface area (Å²) < 4.78 is 1.66. The van der Waals surface area contributed by atoms with Crippen LogP contribution in [0.25, 0.3) is 5.69 Å². The van der Waals surface area contributed by atoms with Gasteiger partial charge in [0.2, 0.25) is 0 Å². The fourth-order valence-electron chi connectivity index (χ4n) is 2.21. The maximum atomic E-state index is 12.5. The van der Waals surface area contributed by atoms with Gasteiger partial charge in [-0.2, -0.15) is 5.10 Å². The van der Waals surface area contributed by atoms with Gasteiger partial charge in [-0.3, -0.25) is 4.79 Å². The topological polar surface area (TPSA) is 85.6 Å². The number of benzene rings is 1. The second kappa shape index (κ2) is 7.62. The highest BCUT2D eigenvalue weighted by atomic mass is 35.5. The Bertz CT molecular complexity index is 869. The lowest BCUT2D eigenvalue weighted by Gasteiger charge is -2.15. The van der Waals surface area contributed by atoms with Gasteiger partial charge < -0.3 is 5.32 Å². The molecule has 2 aromatic heterocycles. The number of nitrogens with zero attached hydrogens (tertiary/aromatic N) is 5. The van der Waals surface area contributed by atoms with Gasteiger partial charge >= 0.3 is 0 Å². The van der Waals surface area contributed by atoms with E-state index in [-0.39, 0.29) is 22.7 Å². The molecule has 0 saturated heterocycles. The number of carbonyl (C=O) groups is 1. The van der Waals surface area contributed by atoms with Gasteiger partial charge in [-0.15, -0.1) is 0 Å². The average molecular weight is 375 g/mol. The van der Waals surface area contributed by atoms with Crippen LogP contribution in [-0.4, -0.2) is 36.9 Å². The maximum Gasteiger partial charge on any atom is 0.272 e. The second-order valence-electron chi connectivity index (χ2n) is 5.18. The zero-order chi connectivity index (χ0) is 17.8. The van der Waals surface area contributed by atoms with Gasteiger partial charge in [-0.05, 0) is 30.9 Å². The Labute approximate surface area is 153 Å². The van der Waals surface area contributed by atoms with Gasteiger partial charge in [-0.1, -0.05) is 35.5 Å². The van der Waals surface area contributed by atoms with Crippen molar-refractivity contribution < 1.29 is 4.79 Å². The van der Waals surface area contributed by atoms with Crippen molar-refractivity contribution in [3.8, 4) is 5.69 Å². The number of rotatable bonds is 5. The molecule has 2 heterocycles. The molecule has 7 nitrogen and oxygen atoms in total. The molecule has 128 valence electrons. The maximum absolute atomic E-state index is 12.5. The molecule has 0 spiro atoms. The Kier molecular flexibility index (Phi) is 5.30. The first kappa shape index (κ1) is 17.4. The number of carbonyl (C=O) groups excluding carboxylic acids is 1. The molecule has 1 N–H and O–H groups in total. The Morgan fingerprint density at radius 3 is 2.72 bits per heavy atom. The molecular formula is C16H15ClN6OS. The van der Waals surface area contributed by atoms with Crippen LogP contribution in [0.5, 0.6) is 0 Å². The van der Waals surface area contributed by atoms with Crippen LogP contribution in [0.3, 0.4) is 0 Å². The van der Waals surface area contributed by atoms with Gasteiger partial charge in [0.15, 0.2) is 10.9 Å². The highest BCUT2D eigenvalue weighted by Crippen LogP contribution is 2.19. The van der Waals surface area contributed by atoms with Crippen LogP contribution in [0.15, 0.2) is 48.3 Å². The number of amides is 1. The minimum atomic E-state index is -0.337. The van der Waals surface area contributed by atoms with E-state index in [0.29, 0.717) is 5.16 Å². The number of nitrogens with one attached hydrogen (secondary N) is 1. The van der Waals surface area contributed by atoms with Crippen molar-refractivity contribution in [1.29, 1.82) is 0 Å². The third kappa shape index (κ3) is 3.97. The molecule has 0 radical (unpaired) electrons. The van der Waals surface area contributed by atoms with Crippen LogP contribution in [0.4, 0.5) is 0 Å². The van der Waals surface area contributed by atoms with Gasteiger partial charge in [0, 0.05) is 0 Å². The van der Waals surface area contributed by atoms with E-state index in [4.69, 9.17) is 11.6 Å². The second-order valence-corrected chi connectivity index (χ2v) is 6.36. The van der Waals surface area contributed by atoms with Gasteiger partial charge in [0.25, 0.3) is 5.91 Å². The van der Waals surface area contributed by atoms with E-state index in [1.165, 1.54) is 24.3 Å². The van der Waals surface area contributed by atoms with Crippen LogP contribution in [0.2, 0.25) is 5.02 Å². The van der Waals surface area contributed by atoms with Crippen molar-refractivity contribution in [3.05, 3.63) is 59.4 Å². The summed E-state index contributed by atoms with van der Waals surface area (Å²) in [7, 11) is 0. The lowest BCUT2D eigenvalue weighted by Crippen LogP contribution is -2.28. The van der Waals surface area contributed by atoms with Crippen molar-refractivity contribution in [2.75, 3.05) is 6.26 Å². The fraction of sp³-hybridized carbons (Fsp3) is 0.188. The quantitative estimate of drug-likeness (QED) is 0.546. The molecule has 25 heavy (non-hydrogen) atoms. The standard InChI is InChI=1S/C16H15ClN6OS/c1-10(11-3-5-12(6-4-11)23-9-18-8-20-23)21-15(24)14-13(17)7-19-16(22-14)25-2/h3-10H,1-2H3,(H,21,24). The summed E-state index contributed by atoms with van der Waals surface area (Å²) in [4.78, 5) is 24.6. The monoisotopic (exact) mass is 374 g/mol. The molecule has 0 aliphatic carbocycles. The van der Waals surface area contributed by atoms with E-state index >= 15 is 0 Å². The summed E-state index contributed by atoms with van der Waals surface area (Å²) in [5, 5.41) is 7.71. The summed E-state index contributed by atoms with van der Waals surface area (Å²) in [5.74, 6) is -0.337. The number of hydrogen-bond acceptors (Lipinski definition) is 6. The molecule has 0 aliphatic rings. The van der Waals surface area contributed by atoms with E-state index in [0.717, 1.165) is 11.3 Å². The Balaban J connectivity index is 1.73. The molecular weight excluding hydrogens is 360 g/mol. The van der Waals surface area contributed by atoms with Gasteiger partial charge in [0.05, 0.1) is 22.9 Å². The number of aromatic nitrogens is 5. The molecule has 3 rings (SSSR count). The van der Waals surface area contributed by atoms with E-state index in [1.807, 2.05) is 37.4 Å². The molecule has 1 atom stereocenters. The van der Waals surface area contributed by atoms with Crippen molar-refractivity contribution in [2.45, 2.75) is 18.1 Å². The third-order valence-corrected chi connectivity index (χ3v) is 4.38. The van der Waals surface area contributed by atoms with Crippen LogP contribution < -0.4 is 5.32 Å². The molecule has 0 aliphatic heterocycles. The summed E-state index contributed by atoms with van der Waals surface area (Å²) in [6.45, 7) is 1.90. The normalized spacial score (nSPS) is 12.0. The van der Waals surface area contributed by atoms with E-state index in [2.05, 4.69) is 25.4 Å². The third-order valence-electron chi connectivity index (χ3n) is 3.54. The minimum Gasteiger partial charge on any atom is -0.344 e. The Morgan fingerprint density at radius 1 is 1.32 bits per heavy atom. The van der Waals surface area contributed by atoms with Crippen LogP contribution in [-0.2, 0) is 0 Å². The SMILES string of the molecule is CSc1ncc(Cl)c(C(=O)NC(C)c2ccc(-n3cncn3)cc2)n1. The van der Waals surface area contributed by atoms with Crippen molar-refractivity contribution in [2.24, 2.45) is 0 Å². The predicted octanol–water partition coefficient (Wildman–Crippen LogP) is 2.92. The van der Waals surface area contributed by atoms with Crippen LogP contribution in [0.1, 0.15) is 29.0 Å². The van der Waals surface area contributed by atoms with E-state index in [1.54, 1.807) is 11.0 Å². The van der Waals surface area contributed by atoms with E-state index in [9.17, 15) is 4.79 Å². The highest BCUT2D eigenvalue weighted by molar-refractivity contribution is 7.98. The lowest BCUT2D eigenvalue weighted by atomic mass is 10.1. The smallest absolute Gasteiger partial charge is 0.272 e. The first-order chi connectivity index (χ1) is 12.1. The minimum absolute atomic E-state index is 0.173. The first-order valence-corrected chi connectivity index (χ1v) is 9.01.